The van der Waals surface area contributed by atoms with Gasteiger partial charge in [-0.2, -0.15) is 0 Å². The lowest BCUT2D eigenvalue weighted by Gasteiger charge is -2.16. The quantitative estimate of drug-likeness (QED) is 0.186. The van der Waals surface area contributed by atoms with Crippen molar-refractivity contribution in [2.75, 3.05) is 0 Å². The van der Waals surface area contributed by atoms with Crippen LogP contribution in [-0.2, 0) is 0 Å². The number of aromatic nitrogens is 1. The van der Waals surface area contributed by atoms with Crippen molar-refractivity contribution in [3.8, 4) is 16.8 Å². The molecule has 2 nitrogen and oxygen atoms in total. The average Bonchev–Trinajstić information content (AvgIpc) is 3.43. The fourth-order valence-corrected chi connectivity index (χ4v) is 6.62. The number of hydrogen-bond acceptors (Lipinski definition) is 1. The fraction of sp³-hybridized carbons (Fsp3) is 0.0238. The Morgan fingerprint density at radius 3 is 1.93 bits per heavy atom. The highest BCUT2D eigenvalue weighted by Gasteiger charge is 2.17. The predicted molar refractivity (Wildman–Crippen MR) is 189 cm³/mol. The Balaban J connectivity index is 1.31. The third-order valence-corrected chi connectivity index (χ3v) is 8.70. The molecular formula is C42H30N2. The molecule has 0 bridgehead atoms. The summed E-state index contributed by atoms with van der Waals surface area (Å²) in [6.07, 6.45) is 0. The van der Waals surface area contributed by atoms with E-state index in [1.165, 1.54) is 48.9 Å². The van der Waals surface area contributed by atoms with E-state index in [9.17, 15) is 0 Å². The summed E-state index contributed by atoms with van der Waals surface area (Å²) in [5.41, 5.74) is 9.77. The Morgan fingerprint density at radius 2 is 1.16 bits per heavy atom. The molecule has 2 heteroatoms. The van der Waals surface area contributed by atoms with Crippen molar-refractivity contribution in [1.82, 2.24) is 4.57 Å². The zero-order valence-corrected chi connectivity index (χ0v) is 24.5. The predicted octanol–water partition coefficient (Wildman–Crippen LogP) is 11.2. The van der Waals surface area contributed by atoms with E-state index in [1.54, 1.807) is 0 Å². The van der Waals surface area contributed by atoms with Gasteiger partial charge in [0.25, 0.3) is 0 Å². The zero-order valence-electron chi connectivity index (χ0n) is 24.5. The molecule has 0 saturated heterocycles. The number of para-hydroxylation sites is 1. The summed E-state index contributed by atoms with van der Waals surface area (Å²) in [5.74, 6) is 0. The van der Waals surface area contributed by atoms with Gasteiger partial charge < -0.3 is 4.57 Å². The van der Waals surface area contributed by atoms with Crippen LogP contribution in [0.4, 0.5) is 0 Å². The smallest absolute Gasteiger partial charge is 0.0633 e. The summed E-state index contributed by atoms with van der Waals surface area (Å²) in [7, 11) is 0. The monoisotopic (exact) mass is 562 g/mol. The second-order valence-corrected chi connectivity index (χ2v) is 11.3. The number of rotatable bonds is 5. The molecule has 0 atom stereocenters. The van der Waals surface area contributed by atoms with Crippen molar-refractivity contribution >= 4 is 54.8 Å². The summed E-state index contributed by atoms with van der Waals surface area (Å²) >= 11 is 0. The Kier molecular flexibility index (Phi) is 6.20. The van der Waals surface area contributed by atoms with Crippen LogP contribution in [0, 0.1) is 0 Å². The number of hydrogen-bond donors (Lipinski definition) is 0. The van der Waals surface area contributed by atoms with E-state index in [4.69, 9.17) is 4.99 Å². The van der Waals surface area contributed by atoms with Crippen LogP contribution >= 0.6 is 0 Å². The number of benzene rings is 7. The molecule has 44 heavy (non-hydrogen) atoms. The standard InChI is InChI=1S/C42H30N2/c1-28(30-12-4-3-5-13-30)43-29(2)35-26-22-31-14-6-8-16-36(31)41(35)33-20-24-34(25-21-33)44-40-19-11-10-18-38(40)39-27-23-32-15-7-9-17-37(32)42(39)44/h3-27H,1H2,2H3. The van der Waals surface area contributed by atoms with Crippen molar-refractivity contribution in [3.63, 3.8) is 0 Å². The topological polar surface area (TPSA) is 17.3 Å². The molecule has 0 aliphatic heterocycles. The lowest BCUT2D eigenvalue weighted by molar-refractivity contribution is 1.19. The van der Waals surface area contributed by atoms with E-state index in [-0.39, 0.29) is 0 Å². The van der Waals surface area contributed by atoms with Crippen LogP contribution in [-0.4, -0.2) is 10.3 Å². The maximum absolute atomic E-state index is 4.98. The molecule has 0 amide bonds. The van der Waals surface area contributed by atoms with E-state index in [1.807, 2.05) is 18.2 Å². The summed E-state index contributed by atoms with van der Waals surface area (Å²) < 4.78 is 2.41. The second kappa shape index (κ2) is 10.5. The minimum Gasteiger partial charge on any atom is -0.309 e. The summed E-state index contributed by atoms with van der Waals surface area (Å²) in [6.45, 7) is 6.36. The minimum absolute atomic E-state index is 0.760. The number of nitrogens with zero attached hydrogens (tertiary/aromatic N) is 2. The van der Waals surface area contributed by atoms with Gasteiger partial charge in [-0.3, -0.25) is 4.99 Å². The first-order valence-corrected chi connectivity index (χ1v) is 15.0. The van der Waals surface area contributed by atoms with Gasteiger partial charge in [-0.1, -0.05) is 140 Å². The van der Waals surface area contributed by atoms with Crippen LogP contribution in [0.15, 0.2) is 163 Å². The van der Waals surface area contributed by atoms with Gasteiger partial charge in [-0.15, -0.1) is 0 Å². The highest BCUT2D eigenvalue weighted by atomic mass is 15.0. The molecule has 0 aliphatic carbocycles. The Morgan fingerprint density at radius 1 is 0.545 bits per heavy atom. The van der Waals surface area contributed by atoms with Crippen LogP contribution in [0.2, 0.25) is 0 Å². The highest BCUT2D eigenvalue weighted by Crippen LogP contribution is 2.38. The molecule has 1 heterocycles. The van der Waals surface area contributed by atoms with Crippen LogP contribution in [0.5, 0.6) is 0 Å². The SMILES string of the molecule is C=C(N=C(C)c1ccc2ccccc2c1-c1ccc(-n2c3ccccc3c3ccc4ccccc4c32)cc1)c1ccccc1. The first kappa shape index (κ1) is 25.9. The van der Waals surface area contributed by atoms with E-state index in [0.29, 0.717) is 0 Å². The molecule has 0 unspecified atom stereocenters. The third-order valence-electron chi connectivity index (χ3n) is 8.70. The fourth-order valence-electron chi connectivity index (χ4n) is 6.62. The molecule has 1 aromatic heterocycles. The Labute approximate surface area is 256 Å². The van der Waals surface area contributed by atoms with Crippen LogP contribution < -0.4 is 0 Å². The van der Waals surface area contributed by atoms with Crippen molar-refractivity contribution in [2.24, 2.45) is 4.99 Å². The molecule has 8 rings (SSSR count). The van der Waals surface area contributed by atoms with Gasteiger partial charge in [0, 0.05) is 33.1 Å². The molecule has 8 aromatic rings. The van der Waals surface area contributed by atoms with E-state index in [2.05, 4.69) is 152 Å². The molecule has 0 aliphatic rings. The molecule has 0 N–H and O–H groups in total. The van der Waals surface area contributed by atoms with Gasteiger partial charge in [0.2, 0.25) is 0 Å². The summed E-state index contributed by atoms with van der Waals surface area (Å²) in [5, 5.41) is 7.45. The maximum Gasteiger partial charge on any atom is 0.0633 e. The second-order valence-electron chi connectivity index (χ2n) is 11.3. The Bertz CT molecular complexity index is 2390. The first-order chi connectivity index (χ1) is 21.7. The summed E-state index contributed by atoms with van der Waals surface area (Å²) in [6, 6.07) is 54.0. The van der Waals surface area contributed by atoms with Gasteiger partial charge in [-0.25, -0.2) is 0 Å². The van der Waals surface area contributed by atoms with Crippen molar-refractivity contribution < 1.29 is 0 Å². The molecule has 208 valence electrons. The van der Waals surface area contributed by atoms with E-state index >= 15 is 0 Å². The van der Waals surface area contributed by atoms with Crippen LogP contribution in [0.1, 0.15) is 18.1 Å². The van der Waals surface area contributed by atoms with Crippen molar-refractivity contribution in [1.29, 1.82) is 0 Å². The largest absolute Gasteiger partial charge is 0.309 e. The van der Waals surface area contributed by atoms with Gasteiger partial charge in [0.1, 0.15) is 0 Å². The molecule has 0 fully saturated rings. The van der Waals surface area contributed by atoms with Gasteiger partial charge >= 0.3 is 0 Å². The normalized spacial score (nSPS) is 12.0. The van der Waals surface area contributed by atoms with Gasteiger partial charge in [0.05, 0.1) is 16.7 Å². The van der Waals surface area contributed by atoms with E-state index < -0.39 is 0 Å². The van der Waals surface area contributed by atoms with Gasteiger partial charge in [-0.05, 0) is 58.0 Å². The number of aliphatic imine (C=N–C) groups is 1. The van der Waals surface area contributed by atoms with Crippen molar-refractivity contribution in [3.05, 3.63) is 169 Å². The number of fused-ring (bicyclic) bond motifs is 6. The maximum atomic E-state index is 4.98. The molecule has 0 saturated carbocycles. The van der Waals surface area contributed by atoms with Crippen LogP contribution in [0.25, 0.3) is 65.9 Å². The third kappa shape index (κ3) is 4.23. The van der Waals surface area contributed by atoms with Gasteiger partial charge in [0.15, 0.2) is 0 Å². The van der Waals surface area contributed by atoms with Crippen LogP contribution in [0.3, 0.4) is 0 Å². The Hall–Kier alpha value is -5.73. The molecular weight excluding hydrogens is 532 g/mol. The summed E-state index contributed by atoms with van der Waals surface area (Å²) in [4.78, 5) is 4.98. The lowest BCUT2D eigenvalue weighted by atomic mass is 9.91. The minimum atomic E-state index is 0.760. The first-order valence-electron chi connectivity index (χ1n) is 15.0. The average molecular weight is 563 g/mol. The lowest BCUT2D eigenvalue weighted by Crippen LogP contribution is -2.00. The molecule has 0 radical (unpaired) electrons. The molecule has 0 spiro atoms. The highest BCUT2D eigenvalue weighted by molar-refractivity contribution is 6.18. The zero-order chi connectivity index (χ0) is 29.6. The van der Waals surface area contributed by atoms with Crippen molar-refractivity contribution in [2.45, 2.75) is 6.92 Å². The van der Waals surface area contributed by atoms with E-state index in [0.717, 1.165) is 33.8 Å². The molecule has 7 aromatic carbocycles.